The molecule has 1 unspecified atom stereocenters. The molecule has 1 aliphatic rings. The van der Waals surface area contributed by atoms with Gasteiger partial charge in [0.05, 0.1) is 18.0 Å². The summed E-state index contributed by atoms with van der Waals surface area (Å²) in [6.45, 7) is 6.02. The van der Waals surface area contributed by atoms with Gasteiger partial charge in [0.1, 0.15) is 0 Å². The molecule has 1 nitrogen and oxygen atoms in total. The van der Waals surface area contributed by atoms with Crippen molar-refractivity contribution in [1.29, 1.82) is 0 Å². The third-order valence-electron chi connectivity index (χ3n) is 3.95. The molecule has 0 aromatic heterocycles. The number of benzene rings is 2. The fourth-order valence-electron chi connectivity index (χ4n) is 2.84. The van der Waals surface area contributed by atoms with Gasteiger partial charge in [-0.3, -0.25) is 0 Å². The third-order valence-corrected chi connectivity index (χ3v) is 5.01. The van der Waals surface area contributed by atoms with Crippen LogP contribution in [-0.4, -0.2) is 0 Å². The van der Waals surface area contributed by atoms with E-state index in [9.17, 15) is 0 Å². The van der Waals surface area contributed by atoms with Gasteiger partial charge in [-0.15, -0.1) is 0 Å². The quantitative estimate of drug-likeness (QED) is 0.674. The Bertz CT molecular complexity index is 616. The van der Waals surface area contributed by atoms with Gasteiger partial charge in [0.25, 0.3) is 0 Å². The highest BCUT2D eigenvalue weighted by molar-refractivity contribution is 9.09. The van der Waals surface area contributed by atoms with Crippen LogP contribution in [-0.2, 0) is 24.4 Å². The molecule has 0 radical (unpaired) electrons. The van der Waals surface area contributed by atoms with Gasteiger partial charge in [-0.05, 0) is 40.2 Å². The first-order chi connectivity index (χ1) is 10.1. The number of alkyl halides is 1. The molecule has 0 spiro atoms. The molecule has 0 N–H and O–H groups in total. The molecule has 110 valence electrons. The summed E-state index contributed by atoms with van der Waals surface area (Å²) in [5.41, 5.74) is 6.67. The highest BCUT2D eigenvalue weighted by Crippen LogP contribution is 2.33. The minimum absolute atomic E-state index is 0.247. The number of rotatable bonds is 4. The second-order valence-corrected chi connectivity index (χ2v) is 7.14. The summed E-state index contributed by atoms with van der Waals surface area (Å²) in [7, 11) is 0. The van der Waals surface area contributed by atoms with Gasteiger partial charge in [0.2, 0.25) is 0 Å². The van der Waals surface area contributed by atoms with Crippen LogP contribution >= 0.6 is 15.9 Å². The fourth-order valence-corrected chi connectivity index (χ4v) is 3.43. The van der Waals surface area contributed by atoms with E-state index < -0.39 is 0 Å². The molecule has 2 heteroatoms. The summed E-state index contributed by atoms with van der Waals surface area (Å²) >= 11 is 3.84. The Morgan fingerprint density at radius 1 is 0.952 bits per heavy atom. The minimum Gasteiger partial charge on any atom is -0.372 e. The van der Waals surface area contributed by atoms with Gasteiger partial charge < -0.3 is 4.74 Å². The Morgan fingerprint density at radius 2 is 1.62 bits per heavy atom. The lowest BCUT2D eigenvalue weighted by molar-refractivity contribution is 0.134. The van der Waals surface area contributed by atoms with E-state index in [1.807, 2.05) is 0 Å². The van der Waals surface area contributed by atoms with E-state index in [2.05, 4.69) is 72.2 Å². The Hall–Kier alpha value is -1.12. The molecule has 2 aromatic carbocycles. The number of ether oxygens (including phenoxy) is 1. The van der Waals surface area contributed by atoms with Crippen LogP contribution in [0.5, 0.6) is 0 Å². The van der Waals surface area contributed by atoms with Gasteiger partial charge in [0.15, 0.2) is 0 Å². The van der Waals surface area contributed by atoms with Crippen molar-refractivity contribution in [3.8, 4) is 0 Å². The summed E-state index contributed by atoms with van der Waals surface area (Å²) in [5, 5.41) is 0. The first kappa shape index (κ1) is 14.8. The number of hydrogen-bond acceptors (Lipinski definition) is 1. The molecular weight excluding hydrogens is 324 g/mol. The maximum absolute atomic E-state index is 5.49. The molecule has 0 saturated carbocycles. The van der Waals surface area contributed by atoms with Crippen molar-refractivity contribution in [2.45, 2.75) is 38.3 Å². The standard InChI is InChI=1S/C19H21BrO/c1-13(2)9-14-3-5-15(6-4-14)19(20)16-7-8-17-11-21-12-18(17)10-16/h3-8,10,13,19H,9,11-12H2,1-2H3. The van der Waals surface area contributed by atoms with Crippen molar-refractivity contribution in [3.05, 3.63) is 70.3 Å². The van der Waals surface area contributed by atoms with E-state index in [1.165, 1.54) is 27.8 Å². The topological polar surface area (TPSA) is 9.23 Å². The van der Waals surface area contributed by atoms with Crippen molar-refractivity contribution in [2.75, 3.05) is 0 Å². The lowest BCUT2D eigenvalue weighted by atomic mass is 9.97. The maximum atomic E-state index is 5.49. The molecule has 0 fully saturated rings. The highest BCUT2D eigenvalue weighted by Gasteiger charge is 2.16. The molecule has 0 bridgehead atoms. The Labute approximate surface area is 135 Å². The van der Waals surface area contributed by atoms with E-state index in [1.54, 1.807) is 0 Å². The lowest BCUT2D eigenvalue weighted by Gasteiger charge is -2.13. The summed E-state index contributed by atoms with van der Waals surface area (Å²) in [4.78, 5) is 0.247. The molecular formula is C19H21BrO. The molecule has 1 heterocycles. The van der Waals surface area contributed by atoms with E-state index >= 15 is 0 Å². The largest absolute Gasteiger partial charge is 0.372 e. The van der Waals surface area contributed by atoms with Crippen LogP contribution < -0.4 is 0 Å². The molecule has 0 amide bonds. The molecule has 21 heavy (non-hydrogen) atoms. The predicted octanol–water partition coefficient (Wildman–Crippen LogP) is 5.40. The molecule has 1 atom stereocenters. The second-order valence-electron chi connectivity index (χ2n) is 6.22. The summed E-state index contributed by atoms with van der Waals surface area (Å²) in [6.07, 6.45) is 1.14. The summed E-state index contributed by atoms with van der Waals surface area (Å²) in [6, 6.07) is 15.6. The van der Waals surface area contributed by atoms with E-state index in [-0.39, 0.29) is 4.83 Å². The van der Waals surface area contributed by atoms with Crippen LogP contribution in [0.2, 0.25) is 0 Å². The maximum Gasteiger partial charge on any atom is 0.0725 e. The first-order valence-corrected chi connectivity index (χ1v) is 8.47. The zero-order valence-corrected chi connectivity index (χ0v) is 14.2. The Morgan fingerprint density at radius 3 is 2.33 bits per heavy atom. The summed E-state index contributed by atoms with van der Waals surface area (Å²) < 4.78 is 5.49. The van der Waals surface area contributed by atoms with Crippen molar-refractivity contribution in [1.82, 2.24) is 0 Å². The average molecular weight is 345 g/mol. The van der Waals surface area contributed by atoms with Gasteiger partial charge in [-0.2, -0.15) is 0 Å². The molecule has 2 aromatic rings. The fraction of sp³-hybridized carbons (Fsp3) is 0.368. The molecule has 0 aliphatic carbocycles. The average Bonchev–Trinajstić information content (AvgIpc) is 2.94. The van der Waals surface area contributed by atoms with Crippen LogP contribution in [0.4, 0.5) is 0 Å². The smallest absolute Gasteiger partial charge is 0.0725 e. The van der Waals surface area contributed by atoms with E-state index in [4.69, 9.17) is 4.74 Å². The zero-order chi connectivity index (χ0) is 14.8. The number of fused-ring (bicyclic) bond motifs is 1. The summed E-state index contributed by atoms with van der Waals surface area (Å²) in [5.74, 6) is 0.701. The van der Waals surface area contributed by atoms with Crippen LogP contribution in [0, 0.1) is 5.92 Å². The minimum atomic E-state index is 0.247. The van der Waals surface area contributed by atoms with E-state index in [0.717, 1.165) is 19.6 Å². The van der Waals surface area contributed by atoms with Crippen molar-refractivity contribution in [2.24, 2.45) is 5.92 Å². The zero-order valence-electron chi connectivity index (χ0n) is 12.6. The second kappa shape index (κ2) is 6.33. The normalized spacial score (nSPS) is 15.2. The lowest BCUT2D eigenvalue weighted by Crippen LogP contribution is -1.97. The highest BCUT2D eigenvalue weighted by atomic mass is 79.9. The van der Waals surface area contributed by atoms with Crippen LogP contribution in [0.1, 0.15) is 46.5 Å². The van der Waals surface area contributed by atoms with Crippen LogP contribution in [0.3, 0.4) is 0 Å². The Balaban J connectivity index is 1.79. The van der Waals surface area contributed by atoms with Crippen molar-refractivity contribution in [3.63, 3.8) is 0 Å². The first-order valence-electron chi connectivity index (χ1n) is 7.56. The van der Waals surface area contributed by atoms with Crippen molar-refractivity contribution >= 4 is 15.9 Å². The predicted molar refractivity (Wildman–Crippen MR) is 90.7 cm³/mol. The van der Waals surface area contributed by atoms with Gasteiger partial charge in [0, 0.05) is 0 Å². The SMILES string of the molecule is CC(C)Cc1ccc(C(Br)c2ccc3c(c2)COC3)cc1. The molecule has 0 saturated heterocycles. The van der Waals surface area contributed by atoms with Crippen molar-refractivity contribution < 1.29 is 4.74 Å². The van der Waals surface area contributed by atoms with Crippen LogP contribution in [0.25, 0.3) is 0 Å². The monoisotopic (exact) mass is 344 g/mol. The van der Waals surface area contributed by atoms with E-state index in [0.29, 0.717) is 5.92 Å². The number of hydrogen-bond donors (Lipinski definition) is 0. The third kappa shape index (κ3) is 3.38. The van der Waals surface area contributed by atoms with Gasteiger partial charge in [-0.25, -0.2) is 0 Å². The Kier molecular flexibility index (Phi) is 4.46. The van der Waals surface area contributed by atoms with Gasteiger partial charge >= 0.3 is 0 Å². The molecule has 1 aliphatic heterocycles. The molecule has 3 rings (SSSR count). The number of halogens is 1. The van der Waals surface area contributed by atoms with Gasteiger partial charge in [-0.1, -0.05) is 72.2 Å². The van der Waals surface area contributed by atoms with Crippen LogP contribution in [0.15, 0.2) is 42.5 Å².